The van der Waals surface area contributed by atoms with Crippen LogP contribution in [0.2, 0.25) is 0 Å². The number of esters is 1. The van der Waals surface area contributed by atoms with Gasteiger partial charge in [-0.25, -0.2) is 0 Å². The van der Waals surface area contributed by atoms with Crippen LogP contribution in [0.15, 0.2) is 11.6 Å². The summed E-state index contributed by atoms with van der Waals surface area (Å²) in [6.45, 7) is 2.10. The van der Waals surface area contributed by atoms with Crippen LogP contribution in [-0.4, -0.2) is 13.1 Å². The van der Waals surface area contributed by atoms with E-state index in [9.17, 15) is 4.79 Å². The standard InChI is InChI=1S/C10H16O2/c1-8-5-3-4-6-9(8)7-10(11)12-2/h5,9H,3-4,6-7H2,1-2H3. The Morgan fingerprint density at radius 3 is 3.08 bits per heavy atom. The highest BCUT2D eigenvalue weighted by atomic mass is 16.5. The highest BCUT2D eigenvalue weighted by molar-refractivity contribution is 5.69. The molecule has 0 saturated heterocycles. The maximum Gasteiger partial charge on any atom is 0.306 e. The SMILES string of the molecule is COC(=O)CC1CCCC=C1C. The second-order valence-electron chi connectivity index (χ2n) is 3.36. The van der Waals surface area contributed by atoms with Crippen molar-refractivity contribution in [2.75, 3.05) is 7.11 Å². The quantitative estimate of drug-likeness (QED) is 0.467. The summed E-state index contributed by atoms with van der Waals surface area (Å²) in [5.41, 5.74) is 1.35. The predicted octanol–water partition coefficient (Wildman–Crippen LogP) is 2.30. The number of hydrogen-bond donors (Lipinski definition) is 0. The van der Waals surface area contributed by atoms with E-state index in [0.717, 1.165) is 6.42 Å². The lowest BCUT2D eigenvalue weighted by molar-refractivity contribution is -0.141. The van der Waals surface area contributed by atoms with Gasteiger partial charge in [0.2, 0.25) is 0 Å². The summed E-state index contributed by atoms with van der Waals surface area (Å²) in [4.78, 5) is 11.0. The summed E-state index contributed by atoms with van der Waals surface area (Å²) >= 11 is 0. The Morgan fingerprint density at radius 2 is 2.50 bits per heavy atom. The average molecular weight is 168 g/mol. The van der Waals surface area contributed by atoms with Crippen molar-refractivity contribution in [3.8, 4) is 0 Å². The molecule has 0 N–H and O–H groups in total. The van der Waals surface area contributed by atoms with Gasteiger partial charge in [-0.2, -0.15) is 0 Å². The first-order valence-corrected chi connectivity index (χ1v) is 4.47. The lowest BCUT2D eigenvalue weighted by atomic mass is 9.86. The first-order valence-electron chi connectivity index (χ1n) is 4.47. The zero-order valence-corrected chi connectivity index (χ0v) is 7.80. The predicted molar refractivity (Wildman–Crippen MR) is 47.7 cm³/mol. The highest BCUT2D eigenvalue weighted by Crippen LogP contribution is 2.27. The maximum atomic E-state index is 11.0. The van der Waals surface area contributed by atoms with Gasteiger partial charge in [-0.05, 0) is 32.1 Å². The lowest BCUT2D eigenvalue weighted by Crippen LogP contribution is -2.13. The fourth-order valence-corrected chi connectivity index (χ4v) is 1.64. The van der Waals surface area contributed by atoms with Gasteiger partial charge in [0.1, 0.15) is 0 Å². The lowest BCUT2D eigenvalue weighted by Gasteiger charge is -2.20. The van der Waals surface area contributed by atoms with Crippen LogP contribution in [0, 0.1) is 5.92 Å². The Balaban J connectivity index is 2.45. The number of carbonyl (C=O) groups is 1. The minimum Gasteiger partial charge on any atom is -0.469 e. The van der Waals surface area contributed by atoms with Crippen LogP contribution in [0.5, 0.6) is 0 Å². The summed E-state index contributed by atoms with van der Waals surface area (Å²) in [5, 5.41) is 0. The molecule has 1 unspecified atom stereocenters. The Labute approximate surface area is 73.6 Å². The zero-order chi connectivity index (χ0) is 8.97. The molecule has 0 heterocycles. The van der Waals surface area contributed by atoms with Crippen molar-refractivity contribution in [1.82, 2.24) is 0 Å². The Hall–Kier alpha value is -0.790. The normalized spacial score (nSPS) is 23.2. The first kappa shape index (κ1) is 9.30. The summed E-state index contributed by atoms with van der Waals surface area (Å²) in [7, 11) is 1.45. The second-order valence-corrected chi connectivity index (χ2v) is 3.36. The van der Waals surface area contributed by atoms with Gasteiger partial charge in [0.25, 0.3) is 0 Å². The van der Waals surface area contributed by atoms with Gasteiger partial charge in [0.05, 0.1) is 13.5 Å². The first-order chi connectivity index (χ1) is 5.74. The van der Waals surface area contributed by atoms with Gasteiger partial charge < -0.3 is 4.74 Å². The fraction of sp³-hybridized carbons (Fsp3) is 0.700. The smallest absolute Gasteiger partial charge is 0.306 e. The van der Waals surface area contributed by atoms with Crippen LogP contribution in [-0.2, 0) is 9.53 Å². The van der Waals surface area contributed by atoms with Gasteiger partial charge in [-0.3, -0.25) is 4.79 Å². The number of rotatable bonds is 2. The van der Waals surface area contributed by atoms with Crippen LogP contribution in [0.1, 0.15) is 32.6 Å². The molecule has 0 aromatic heterocycles. The zero-order valence-electron chi connectivity index (χ0n) is 7.80. The minimum atomic E-state index is -0.0883. The van der Waals surface area contributed by atoms with Crippen LogP contribution in [0.3, 0.4) is 0 Å². The highest BCUT2D eigenvalue weighted by Gasteiger charge is 2.17. The van der Waals surface area contributed by atoms with E-state index in [1.54, 1.807) is 0 Å². The van der Waals surface area contributed by atoms with Gasteiger partial charge in [-0.1, -0.05) is 11.6 Å². The van der Waals surface area contributed by atoms with Crippen molar-refractivity contribution in [3.63, 3.8) is 0 Å². The fourth-order valence-electron chi connectivity index (χ4n) is 1.64. The molecule has 1 aliphatic carbocycles. The van der Waals surface area contributed by atoms with E-state index in [0.29, 0.717) is 12.3 Å². The van der Waals surface area contributed by atoms with Gasteiger partial charge in [0, 0.05) is 0 Å². The van der Waals surface area contributed by atoms with Gasteiger partial charge >= 0.3 is 5.97 Å². The third kappa shape index (κ3) is 2.36. The molecular formula is C10H16O2. The third-order valence-electron chi connectivity index (χ3n) is 2.51. The van der Waals surface area contributed by atoms with E-state index in [1.165, 1.54) is 25.5 Å². The number of carbonyl (C=O) groups excluding carboxylic acids is 1. The Bertz CT molecular complexity index is 194. The molecule has 2 heteroatoms. The van der Waals surface area contributed by atoms with Gasteiger partial charge in [0.15, 0.2) is 0 Å². The largest absolute Gasteiger partial charge is 0.469 e. The molecule has 0 fully saturated rings. The molecule has 0 bridgehead atoms. The number of methoxy groups -OCH3 is 1. The van der Waals surface area contributed by atoms with Crippen molar-refractivity contribution in [2.24, 2.45) is 5.92 Å². The van der Waals surface area contributed by atoms with Crippen molar-refractivity contribution in [2.45, 2.75) is 32.6 Å². The monoisotopic (exact) mass is 168 g/mol. The van der Waals surface area contributed by atoms with E-state index < -0.39 is 0 Å². The molecule has 0 radical (unpaired) electrons. The maximum absolute atomic E-state index is 11.0. The van der Waals surface area contributed by atoms with Crippen LogP contribution < -0.4 is 0 Å². The number of hydrogen-bond acceptors (Lipinski definition) is 2. The second kappa shape index (κ2) is 4.29. The molecule has 0 amide bonds. The van der Waals surface area contributed by atoms with Crippen LogP contribution >= 0.6 is 0 Å². The topological polar surface area (TPSA) is 26.3 Å². The molecule has 1 aliphatic rings. The summed E-state index contributed by atoms with van der Waals surface area (Å²) in [6, 6.07) is 0. The molecular weight excluding hydrogens is 152 g/mol. The summed E-state index contributed by atoms with van der Waals surface area (Å²) < 4.78 is 4.64. The van der Waals surface area contributed by atoms with Crippen LogP contribution in [0.25, 0.3) is 0 Å². The number of ether oxygens (including phenoxy) is 1. The van der Waals surface area contributed by atoms with Crippen molar-refractivity contribution >= 4 is 5.97 Å². The molecule has 68 valence electrons. The van der Waals surface area contributed by atoms with Gasteiger partial charge in [-0.15, -0.1) is 0 Å². The molecule has 0 aromatic rings. The molecule has 0 saturated carbocycles. The van der Waals surface area contributed by atoms with E-state index in [-0.39, 0.29) is 5.97 Å². The summed E-state index contributed by atoms with van der Waals surface area (Å²) in [6.07, 6.45) is 6.30. The molecule has 2 nitrogen and oxygen atoms in total. The Kier molecular flexibility index (Phi) is 3.32. The molecule has 0 aromatic carbocycles. The number of allylic oxidation sites excluding steroid dienone is 2. The van der Waals surface area contributed by atoms with E-state index in [1.807, 2.05) is 0 Å². The van der Waals surface area contributed by atoms with Crippen molar-refractivity contribution < 1.29 is 9.53 Å². The molecule has 12 heavy (non-hydrogen) atoms. The Morgan fingerprint density at radius 1 is 1.75 bits per heavy atom. The minimum absolute atomic E-state index is 0.0883. The van der Waals surface area contributed by atoms with Crippen molar-refractivity contribution in [3.05, 3.63) is 11.6 Å². The van der Waals surface area contributed by atoms with Crippen LogP contribution in [0.4, 0.5) is 0 Å². The molecule has 1 atom stereocenters. The molecule has 0 spiro atoms. The summed E-state index contributed by atoms with van der Waals surface area (Å²) in [5.74, 6) is 0.348. The van der Waals surface area contributed by atoms with E-state index in [2.05, 4.69) is 17.7 Å². The molecule has 0 aliphatic heterocycles. The van der Waals surface area contributed by atoms with E-state index in [4.69, 9.17) is 0 Å². The third-order valence-corrected chi connectivity index (χ3v) is 2.51. The van der Waals surface area contributed by atoms with E-state index >= 15 is 0 Å². The average Bonchev–Trinajstić information content (AvgIpc) is 2.09. The molecule has 1 rings (SSSR count). The van der Waals surface area contributed by atoms with Crippen molar-refractivity contribution in [1.29, 1.82) is 0 Å².